The number of rotatable bonds is 8. The second-order valence-electron chi connectivity index (χ2n) is 9.52. The zero-order chi connectivity index (χ0) is 23.4. The van der Waals surface area contributed by atoms with Gasteiger partial charge in [0.15, 0.2) is 0 Å². The molecule has 2 saturated heterocycles. The van der Waals surface area contributed by atoms with E-state index in [1.807, 2.05) is 0 Å². The van der Waals surface area contributed by atoms with Crippen LogP contribution < -0.4 is 0 Å². The molecule has 4 atom stereocenters. The van der Waals surface area contributed by atoms with Gasteiger partial charge in [-0.2, -0.15) is 0 Å². The molecular weight excluding hydrogens is 426 g/mol. The van der Waals surface area contributed by atoms with Gasteiger partial charge in [-0.25, -0.2) is 8.78 Å². The first-order chi connectivity index (χ1) is 15.9. The van der Waals surface area contributed by atoms with Crippen LogP contribution in [0.15, 0.2) is 48.5 Å². The molecule has 0 bridgehead atoms. The monoisotopic (exact) mass is 460 g/mol. The van der Waals surface area contributed by atoms with Gasteiger partial charge < -0.3 is 14.9 Å². The van der Waals surface area contributed by atoms with Crippen molar-refractivity contribution in [2.75, 3.05) is 26.2 Å². The highest BCUT2D eigenvalue weighted by molar-refractivity contribution is 5.18. The Hall–Kier alpha value is -1.90. The second kappa shape index (κ2) is 11.0. The first kappa shape index (κ1) is 24.2. The molecule has 2 N–H and O–H groups in total. The molecule has 2 fully saturated rings. The van der Waals surface area contributed by atoms with Crippen molar-refractivity contribution in [3.05, 3.63) is 71.3 Å². The number of aliphatic hydroxyl groups is 2. The number of hydrogen-bond donors (Lipinski definition) is 2. The van der Waals surface area contributed by atoms with Gasteiger partial charge in [0, 0.05) is 19.6 Å². The lowest BCUT2D eigenvalue weighted by Gasteiger charge is -2.39. The molecular formula is C26H34F2N2O3. The summed E-state index contributed by atoms with van der Waals surface area (Å²) in [4.78, 5) is 4.48. The molecule has 33 heavy (non-hydrogen) atoms. The Morgan fingerprint density at radius 1 is 0.909 bits per heavy atom. The van der Waals surface area contributed by atoms with Crippen LogP contribution in [0.3, 0.4) is 0 Å². The molecule has 2 aromatic rings. The summed E-state index contributed by atoms with van der Waals surface area (Å²) in [5, 5.41) is 20.7. The largest absolute Gasteiger partial charge is 0.394 e. The molecule has 2 aliphatic rings. The smallest absolute Gasteiger partial charge is 0.123 e. The Morgan fingerprint density at radius 3 is 1.91 bits per heavy atom. The van der Waals surface area contributed by atoms with Gasteiger partial charge in [-0.3, -0.25) is 9.80 Å². The van der Waals surface area contributed by atoms with Gasteiger partial charge in [0.25, 0.3) is 0 Å². The van der Waals surface area contributed by atoms with Gasteiger partial charge >= 0.3 is 0 Å². The van der Waals surface area contributed by atoms with Crippen LogP contribution in [0.2, 0.25) is 0 Å². The van der Waals surface area contributed by atoms with Crippen molar-refractivity contribution in [3.63, 3.8) is 0 Å². The average Bonchev–Trinajstić information content (AvgIpc) is 3.12. The maximum absolute atomic E-state index is 13.4. The van der Waals surface area contributed by atoms with Gasteiger partial charge in [-0.15, -0.1) is 0 Å². The first-order valence-electron chi connectivity index (χ1n) is 11.8. The summed E-state index contributed by atoms with van der Waals surface area (Å²) in [5.74, 6) is 0.105. The van der Waals surface area contributed by atoms with E-state index in [1.165, 1.54) is 24.3 Å². The van der Waals surface area contributed by atoms with Crippen molar-refractivity contribution >= 4 is 0 Å². The maximum atomic E-state index is 13.4. The van der Waals surface area contributed by atoms with Crippen molar-refractivity contribution in [2.24, 2.45) is 5.92 Å². The van der Waals surface area contributed by atoms with Gasteiger partial charge in [-0.1, -0.05) is 31.2 Å². The molecule has 4 unspecified atom stereocenters. The molecule has 5 nitrogen and oxygen atoms in total. The van der Waals surface area contributed by atoms with Gasteiger partial charge in [0.1, 0.15) is 23.8 Å². The lowest BCUT2D eigenvalue weighted by Crippen LogP contribution is -2.53. The predicted octanol–water partition coefficient (Wildman–Crippen LogP) is 3.19. The molecule has 0 saturated carbocycles. The summed E-state index contributed by atoms with van der Waals surface area (Å²) in [6, 6.07) is 12.6. The predicted molar refractivity (Wildman–Crippen MR) is 122 cm³/mol. The summed E-state index contributed by atoms with van der Waals surface area (Å²) < 4.78 is 33.0. The van der Waals surface area contributed by atoms with Crippen LogP contribution in [-0.2, 0) is 17.8 Å². The Balaban J connectivity index is 1.53. The zero-order valence-corrected chi connectivity index (χ0v) is 19.1. The number of ether oxygens (including phenoxy) is 1. The van der Waals surface area contributed by atoms with Crippen LogP contribution in [0.25, 0.3) is 0 Å². The van der Waals surface area contributed by atoms with Crippen LogP contribution in [0.1, 0.15) is 30.9 Å². The van der Waals surface area contributed by atoms with E-state index in [2.05, 4.69) is 16.7 Å². The minimum Gasteiger partial charge on any atom is -0.394 e. The topological polar surface area (TPSA) is 56.2 Å². The molecule has 180 valence electrons. The highest BCUT2D eigenvalue weighted by Gasteiger charge is 2.47. The van der Waals surface area contributed by atoms with Crippen LogP contribution in [0.4, 0.5) is 8.78 Å². The number of halogens is 2. The summed E-state index contributed by atoms with van der Waals surface area (Å²) in [6.07, 6.45) is 0.500. The molecule has 2 heterocycles. The Kier molecular flexibility index (Phi) is 8.09. The molecule has 7 heteroatoms. The highest BCUT2D eigenvalue weighted by Crippen LogP contribution is 2.30. The molecule has 2 aliphatic heterocycles. The van der Waals surface area contributed by atoms with E-state index < -0.39 is 12.2 Å². The average molecular weight is 461 g/mol. The molecule has 0 aromatic heterocycles. The van der Waals surface area contributed by atoms with E-state index in [1.54, 1.807) is 24.3 Å². The van der Waals surface area contributed by atoms with E-state index in [0.717, 1.165) is 37.1 Å². The Morgan fingerprint density at radius 2 is 1.42 bits per heavy atom. The second-order valence-corrected chi connectivity index (χ2v) is 9.52. The lowest BCUT2D eigenvalue weighted by molar-refractivity contribution is -0.0328. The minimum absolute atomic E-state index is 0.196. The van der Waals surface area contributed by atoms with Gasteiger partial charge in [0.2, 0.25) is 0 Å². The summed E-state index contributed by atoms with van der Waals surface area (Å²) >= 11 is 0. The van der Waals surface area contributed by atoms with Crippen LogP contribution in [-0.4, -0.2) is 70.6 Å². The van der Waals surface area contributed by atoms with Crippen molar-refractivity contribution in [1.29, 1.82) is 0 Å². The zero-order valence-electron chi connectivity index (χ0n) is 19.1. The third kappa shape index (κ3) is 6.16. The maximum Gasteiger partial charge on any atom is 0.123 e. The standard InChI is InChI=1S/C26H34F2N2O3/c1-18-10-12-30(13-11-18)25-23(33-24(17-31)26(25)32)16-29(14-19-2-6-21(27)7-3-19)15-20-4-8-22(28)9-5-20/h2-9,18,23-26,31-32H,10-17H2,1H3. The normalized spacial score (nSPS) is 26.8. The number of likely N-dealkylation sites (tertiary alicyclic amines) is 1. The number of hydrogen-bond acceptors (Lipinski definition) is 5. The molecule has 0 amide bonds. The van der Waals surface area contributed by atoms with E-state index in [0.29, 0.717) is 25.6 Å². The fourth-order valence-corrected chi connectivity index (χ4v) is 5.04. The van der Waals surface area contributed by atoms with Gasteiger partial charge in [0.05, 0.1) is 18.8 Å². The van der Waals surface area contributed by atoms with Crippen LogP contribution >= 0.6 is 0 Å². The van der Waals surface area contributed by atoms with Crippen molar-refractivity contribution in [3.8, 4) is 0 Å². The summed E-state index contributed by atoms with van der Waals surface area (Å²) in [5.41, 5.74) is 1.92. The minimum atomic E-state index is -0.758. The number of aliphatic hydroxyl groups excluding tert-OH is 2. The van der Waals surface area contributed by atoms with Crippen LogP contribution in [0.5, 0.6) is 0 Å². The number of benzene rings is 2. The van der Waals surface area contributed by atoms with E-state index in [4.69, 9.17) is 4.74 Å². The van der Waals surface area contributed by atoms with Gasteiger partial charge in [-0.05, 0) is 67.2 Å². The number of nitrogens with zero attached hydrogens (tertiary/aromatic N) is 2. The SMILES string of the molecule is CC1CCN(C2C(CN(Cc3ccc(F)cc3)Cc3ccc(F)cc3)OC(CO)C2O)CC1. The summed E-state index contributed by atoms with van der Waals surface area (Å²) in [7, 11) is 0. The first-order valence-corrected chi connectivity index (χ1v) is 11.8. The summed E-state index contributed by atoms with van der Waals surface area (Å²) in [6.45, 7) is 5.46. The quantitative estimate of drug-likeness (QED) is 0.634. The fraction of sp³-hybridized carbons (Fsp3) is 0.538. The van der Waals surface area contributed by atoms with Crippen LogP contribution in [0, 0.1) is 17.6 Å². The third-order valence-corrected chi connectivity index (χ3v) is 6.96. The van der Waals surface area contributed by atoms with E-state index in [9.17, 15) is 19.0 Å². The fourth-order valence-electron chi connectivity index (χ4n) is 5.04. The Bertz CT molecular complexity index is 825. The van der Waals surface area contributed by atoms with Crippen molar-refractivity contribution < 1.29 is 23.7 Å². The van der Waals surface area contributed by atoms with E-state index >= 15 is 0 Å². The molecule has 2 aromatic carbocycles. The van der Waals surface area contributed by atoms with Crippen molar-refractivity contribution in [2.45, 2.75) is 57.2 Å². The van der Waals surface area contributed by atoms with E-state index in [-0.39, 0.29) is 30.4 Å². The lowest BCUT2D eigenvalue weighted by atomic mass is 9.94. The Labute approximate surface area is 194 Å². The molecule has 4 rings (SSSR count). The number of piperidine rings is 1. The highest BCUT2D eigenvalue weighted by atomic mass is 19.1. The third-order valence-electron chi connectivity index (χ3n) is 6.96. The van der Waals surface area contributed by atoms with Crippen molar-refractivity contribution in [1.82, 2.24) is 9.80 Å². The molecule has 0 spiro atoms. The molecule has 0 aliphatic carbocycles. The molecule has 0 radical (unpaired) electrons.